The summed E-state index contributed by atoms with van der Waals surface area (Å²) in [7, 11) is 2.25. The molecule has 0 N–H and O–H groups in total. The molecule has 0 saturated carbocycles. The van der Waals surface area contributed by atoms with Crippen LogP contribution in [0.1, 0.15) is 24.0 Å². The summed E-state index contributed by atoms with van der Waals surface area (Å²) < 4.78 is 28.6. The maximum atomic E-state index is 13.7. The Morgan fingerprint density at radius 2 is 1.51 bits per heavy atom. The zero-order valence-corrected chi connectivity index (χ0v) is 23.4. The minimum atomic E-state index is -3.09. The van der Waals surface area contributed by atoms with Gasteiger partial charge in [-0.3, -0.25) is 4.79 Å². The Morgan fingerprint density at radius 3 is 2.10 bits per heavy atom. The fraction of sp³-hybridized carbons (Fsp3) is 0.290. The van der Waals surface area contributed by atoms with Crippen molar-refractivity contribution in [1.29, 1.82) is 0 Å². The molecule has 7 nitrogen and oxygen atoms in total. The van der Waals surface area contributed by atoms with Crippen LogP contribution in [0.2, 0.25) is 0 Å². The predicted molar refractivity (Wildman–Crippen MR) is 156 cm³/mol. The van der Waals surface area contributed by atoms with E-state index in [0.29, 0.717) is 25.1 Å². The van der Waals surface area contributed by atoms with Crippen LogP contribution in [0.25, 0.3) is 17.2 Å². The Labute approximate surface area is 230 Å². The molecule has 1 fully saturated rings. The van der Waals surface area contributed by atoms with Gasteiger partial charge in [0.2, 0.25) is 5.91 Å². The second kappa shape index (κ2) is 12.3. The Hall–Kier alpha value is -3.91. The molecule has 4 rings (SSSR count). The molecule has 204 valence electrons. The largest absolute Gasteiger partial charge is 0.466 e. The summed E-state index contributed by atoms with van der Waals surface area (Å²) in [6.07, 6.45) is 3.62. The van der Waals surface area contributed by atoms with E-state index < -0.39 is 15.8 Å². The van der Waals surface area contributed by atoms with Crippen LogP contribution < -0.4 is 9.80 Å². The molecule has 3 aromatic carbocycles. The van der Waals surface area contributed by atoms with E-state index in [-0.39, 0.29) is 23.3 Å². The van der Waals surface area contributed by atoms with Crippen molar-refractivity contribution >= 4 is 39.2 Å². The Bertz CT molecular complexity index is 1430. The van der Waals surface area contributed by atoms with Gasteiger partial charge in [-0.1, -0.05) is 48.5 Å². The van der Waals surface area contributed by atoms with Crippen LogP contribution in [0.5, 0.6) is 0 Å². The van der Waals surface area contributed by atoms with Crippen LogP contribution in [-0.2, 0) is 30.7 Å². The molecule has 0 aromatic heterocycles. The van der Waals surface area contributed by atoms with E-state index in [2.05, 4.69) is 33.9 Å². The number of carbonyl (C=O) groups is 2. The highest BCUT2D eigenvalue weighted by Crippen LogP contribution is 2.28. The number of benzene rings is 3. The van der Waals surface area contributed by atoms with Crippen molar-refractivity contribution in [2.45, 2.75) is 19.4 Å². The summed E-state index contributed by atoms with van der Waals surface area (Å²) in [6, 6.07) is 23.8. The summed E-state index contributed by atoms with van der Waals surface area (Å²) in [5.41, 5.74) is 5.70. The summed E-state index contributed by atoms with van der Waals surface area (Å²) in [6.45, 7) is 0.339. The molecular weight excluding hydrogens is 512 g/mol. The van der Waals surface area contributed by atoms with Crippen molar-refractivity contribution in [2.24, 2.45) is 5.92 Å². The molecule has 0 spiro atoms. The molecule has 1 saturated heterocycles. The Morgan fingerprint density at radius 1 is 0.897 bits per heavy atom. The van der Waals surface area contributed by atoms with Gasteiger partial charge in [0.05, 0.1) is 25.2 Å². The maximum Gasteiger partial charge on any atom is 0.330 e. The zero-order valence-electron chi connectivity index (χ0n) is 22.5. The molecule has 0 atom stereocenters. The minimum absolute atomic E-state index is 0.0282. The average molecular weight is 547 g/mol. The van der Waals surface area contributed by atoms with E-state index >= 15 is 0 Å². The standard InChI is InChI=1S/C31H34N2O5S/c1-32(2)28-14-12-26(13-15-28)25-10-7-24(8-11-25)22-33(31(35)27-17-19-39(36,37)20-18-27)29-6-4-5-23(21-29)9-16-30(34)38-3/h4-16,21,27H,17-20,22H2,1-3H3/b16-9+. The predicted octanol–water partition coefficient (Wildman–Crippen LogP) is 4.96. The minimum Gasteiger partial charge on any atom is -0.466 e. The Kier molecular flexibility index (Phi) is 8.86. The molecule has 0 radical (unpaired) electrons. The van der Waals surface area contributed by atoms with Crippen molar-refractivity contribution < 1.29 is 22.7 Å². The lowest BCUT2D eigenvalue weighted by atomic mass is 9.99. The molecule has 1 heterocycles. The molecule has 1 aliphatic rings. The van der Waals surface area contributed by atoms with Gasteiger partial charge in [-0.15, -0.1) is 0 Å². The number of hydrogen-bond donors (Lipinski definition) is 0. The lowest BCUT2D eigenvalue weighted by Crippen LogP contribution is -2.39. The number of nitrogens with zero attached hydrogens (tertiary/aromatic N) is 2. The number of ether oxygens (including phenoxy) is 1. The van der Waals surface area contributed by atoms with Gasteiger partial charge in [0, 0.05) is 37.5 Å². The van der Waals surface area contributed by atoms with Gasteiger partial charge in [-0.25, -0.2) is 13.2 Å². The molecule has 1 amide bonds. The number of rotatable bonds is 8. The number of hydrogen-bond acceptors (Lipinski definition) is 6. The van der Waals surface area contributed by atoms with Crippen LogP contribution in [0.3, 0.4) is 0 Å². The highest BCUT2D eigenvalue weighted by atomic mass is 32.2. The van der Waals surface area contributed by atoms with Crippen LogP contribution in [0.4, 0.5) is 11.4 Å². The molecule has 39 heavy (non-hydrogen) atoms. The topological polar surface area (TPSA) is 84.0 Å². The first-order valence-electron chi connectivity index (χ1n) is 12.9. The molecular formula is C31H34N2O5S. The van der Waals surface area contributed by atoms with E-state index in [4.69, 9.17) is 0 Å². The molecule has 0 unspecified atom stereocenters. The third-order valence-corrected chi connectivity index (χ3v) is 8.69. The van der Waals surface area contributed by atoms with Gasteiger partial charge in [0.15, 0.2) is 0 Å². The van der Waals surface area contributed by atoms with Gasteiger partial charge in [-0.2, -0.15) is 0 Å². The van der Waals surface area contributed by atoms with Crippen molar-refractivity contribution in [1.82, 2.24) is 0 Å². The van der Waals surface area contributed by atoms with E-state index in [0.717, 1.165) is 27.9 Å². The van der Waals surface area contributed by atoms with E-state index in [1.807, 2.05) is 62.6 Å². The second-order valence-corrected chi connectivity index (χ2v) is 12.2. The molecule has 1 aliphatic heterocycles. The van der Waals surface area contributed by atoms with Gasteiger partial charge in [0.25, 0.3) is 0 Å². The van der Waals surface area contributed by atoms with Gasteiger partial charge in [-0.05, 0) is 65.4 Å². The average Bonchev–Trinajstić information content (AvgIpc) is 2.95. The summed E-state index contributed by atoms with van der Waals surface area (Å²) >= 11 is 0. The number of methoxy groups -OCH3 is 1. The fourth-order valence-corrected chi connectivity index (χ4v) is 6.11. The van der Waals surface area contributed by atoms with Crippen molar-refractivity contribution in [2.75, 3.05) is 42.5 Å². The second-order valence-electron chi connectivity index (χ2n) is 9.94. The number of sulfone groups is 1. The monoisotopic (exact) mass is 546 g/mol. The van der Waals surface area contributed by atoms with Crippen molar-refractivity contribution in [3.63, 3.8) is 0 Å². The summed E-state index contributed by atoms with van der Waals surface area (Å²) in [5, 5.41) is 0. The van der Waals surface area contributed by atoms with Gasteiger partial charge < -0.3 is 14.5 Å². The maximum absolute atomic E-state index is 13.7. The third-order valence-electron chi connectivity index (χ3n) is 6.98. The van der Waals surface area contributed by atoms with Gasteiger partial charge in [0.1, 0.15) is 9.84 Å². The molecule has 8 heteroatoms. The van der Waals surface area contributed by atoms with E-state index in [1.165, 1.54) is 13.2 Å². The quantitative estimate of drug-likeness (QED) is 0.293. The first-order chi connectivity index (χ1) is 18.6. The normalized spacial score (nSPS) is 15.2. The fourth-order valence-electron chi connectivity index (χ4n) is 4.62. The number of esters is 1. The highest BCUT2D eigenvalue weighted by Gasteiger charge is 2.32. The highest BCUT2D eigenvalue weighted by molar-refractivity contribution is 7.91. The number of amides is 1. The lowest BCUT2D eigenvalue weighted by Gasteiger charge is -2.30. The Balaban J connectivity index is 1.60. The number of carbonyl (C=O) groups excluding carboxylic acids is 2. The van der Waals surface area contributed by atoms with Crippen LogP contribution >= 0.6 is 0 Å². The molecule has 0 bridgehead atoms. The van der Waals surface area contributed by atoms with Crippen molar-refractivity contribution in [3.8, 4) is 11.1 Å². The lowest BCUT2D eigenvalue weighted by molar-refractivity contribution is -0.134. The molecule has 0 aliphatic carbocycles. The van der Waals surface area contributed by atoms with Crippen LogP contribution in [0.15, 0.2) is 78.9 Å². The van der Waals surface area contributed by atoms with Crippen LogP contribution in [-0.4, -0.2) is 53.0 Å². The smallest absolute Gasteiger partial charge is 0.330 e. The van der Waals surface area contributed by atoms with Gasteiger partial charge >= 0.3 is 5.97 Å². The zero-order chi connectivity index (χ0) is 28.0. The van der Waals surface area contributed by atoms with Crippen molar-refractivity contribution in [3.05, 3.63) is 90.0 Å². The summed E-state index contributed by atoms with van der Waals surface area (Å²) in [4.78, 5) is 29.1. The number of anilines is 2. The third kappa shape index (κ3) is 7.35. The van der Waals surface area contributed by atoms with E-state index in [1.54, 1.807) is 11.0 Å². The first-order valence-corrected chi connectivity index (χ1v) is 14.7. The summed E-state index contributed by atoms with van der Waals surface area (Å²) in [5.74, 6) is -0.867. The van der Waals surface area contributed by atoms with Crippen LogP contribution in [0, 0.1) is 5.92 Å². The SMILES string of the molecule is COC(=O)/C=C/c1cccc(N(Cc2ccc(-c3ccc(N(C)C)cc3)cc2)C(=O)C2CCS(=O)(=O)CC2)c1. The molecule has 3 aromatic rings. The first kappa shape index (κ1) is 28.1. The van der Waals surface area contributed by atoms with E-state index in [9.17, 15) is 18.0 Å².